The zero-order chi connectivity index (χ0) is 21.8. The Morgan fingerprint density at radius 2 is 1.50 bits per heavy atom. The third-order valence-electron chi connectivity index (χ3n) is 7.20. The van der Waals surface area contributed by atoms with Gasteiger partial charge in [-0.15, -0.1) is 0 Å². The topological polar surface area (TPSA) is 38.1 Å². The summed E-state index contributed by atoms with van der Waals surface area (Å²) in [5.74, 6) is 0.313. The molecule has 0 N–H and O–H groups in total. The second-order valence-electron chi connectivity index (χ2n) is 9.46. The Kier molecular flexibility index (Phi) is 6.38. The van der Waals surface area contributed by atoms with Crippen molar-refractivity contribution < 1.29 is 4.79 Å². The quantitative estimate of drug-likeness (QED) is 0.504. The zero-order valence-electron chi connectivity index (χ0n) is 18.8. The molecule has 2 aliphatic carbocycles. The molecule has 0 radical (unpaired) electrons. The van der Waals surface area contributed by atoms with Crippen molar-refractivity contribution in [3.8, 4) is 0 Å². The molecule has 1 saturated carbocycles. The first kappa shape index (κ1) is 21.0. The molecular formula is C28H33N3O. The van der Waals surface area contributed by atoms with Crippen LogP contribution >= 0.6 is 0 Å². The molecule has 1 atom stereocenters. The van der Waals surface area contributed by atoms with Gasteiger partial charge >= 0.3 is 0 Å². The van der Waals surface area contributed by atoms with Gasteiger partial charge in [0.25, 0.3) is 0 Å². The number of carbonyl (C=O) groups excluding carboxylic acids is 1. The second-order valence-corrected chi connectivity index (χ2v) is 9.46. The van der Waals surface area contributed by atoms with Gasteiger partial charge in [0.2, 0.25) is 5.91 Å². The summed E-state index contributed by atoms with van der Waals surface area (Å²) in [6.07, 6.45) is 11.2. The molecule has 1 aromatic heterocycles. The van der Waals surface area contributed by atoms with Crippen molar-refractivity contribution in [2.24, 2.45) is 5.92 Å². The molecule has 0 spiro atoms. The van der Waals surface area contributed by atoms with E-state index in [1.165, 1.54) is 54.5 Å². The summed E-state index contributed by atoms with van der Waals surface area (Å²) in [4.78, 5) is 15.8. The summed E-state index contributed by atoms with van der Waals surface area (Å²) in [5.41, 5.74) is 5.04. The highest BCUT2D eigenvalue weighted by Gasteiger charge is 2.32. The molecule has 0 bridgehead atoms. The van der Waals surface area contributed by atoms with Crippen molar-refractivity contribution in [2.45, 2.75) is 70.5 Å². The van der Waals surface area contributed by atoms with Crippen molar-refractivity contribution in [1.82, 2.24) is 14.7 Å². The van der Waals surface area contributed by atoms with E-state index in [1.54, 1.807) is 0 Å². The van der Waals surface area contributed by atoms with Crippen LogP contribution in [0.1, 0.15) is 67.0 Å². The lowest BCUT2D eigenvalue weighted by Gasteiger charge is -2.31. The highest BCUT2D eigenvalue weighted by atomic mass is 16.2. The second kappa shape index (κ2) is 9.72. The Morgan fingerprint density at radius 3 is 2.12 bits per heavy atom. The molecule has 32 heavy (non-hydrogen) atoms. The van der Waals surface area contributed by atoms with Crippen LogP contribution in [0.25, 0.3) is 0 Å². The molecule has 1 unspecified atom stereocenters. The Balaban J connectivity index is 1.33. The number of hydrogen-bond donors (Lipinski definition) is 0. The Morgan fingerprint density at radius 1 is 0.875 bits per heavy atom. The fourth-order valence-electron chi connectivity index (χ4n) is 5.48. The Bertz CT molecular complexity index is 980. The maximum Gasteiger partial charge on any atom is 0.226 e. The van der Waals surface area contributed by atoms with E-state index in [-0.39, 0.29) is 11.8 Å². The van der Waals surface area contributed by atoms with Crippen LogP contribution in [0.3, 0.4) is 0 Å². The molecule has 1 fully saturated rings. The van der Waals surface area contributed by atoms with Crippen LogP contribution in [-0.4, -0.2) is 20.6 Å². The SMILES string of the molecule is O=C(C1CCc2c(cnn2C2CCCCC2)C1)N(Cc1ccccc1)Cc1ccccc1. The molecule has 2 aliphatic rings. The minimum atomic E-state index is 0.0407. The van der Waals surface area contributed by atoms with E-state index in [0.717, 1.165) is 19.3 Å². The van der Waals surface area contributed by atoms with E-state index in [9.17, 15) is 4.79 Å². The standard InChI is InChI=1S/C28H33N3O/c32-28(30(20-22-10-4-1-5-11-22)21-23-12-6-2-7-13-23)24-16-17-27-25(18-24)19-29-31(27)26-14-8-3-9-15-26/h1-2,4-7,10-13,19,24,26H,3,8-9,14-18,20-21H2. The maximum absolute atomic E-state index is 13.7. The normalized spacial score (nSPS) is 18.8. The van der Waals surface area contributed by atoms with E-state index in [0.29, 0.717) is 19.1 Å². The van der Waals surface area contributed by atoms with Crippen molar-refractivity contribution in [3.63, 3.8) is 0 Å². The van der Waals surface area contributed by atoms with Crippen LogP contribution in [0, 0.1) is 5.92 Å². The Labute approximate surface area is 191 Å². The Hall–Kier alpha value is -2.88. The molecule has 4 nitrogen and oxygen atoms in total. The van der Waals surface area contributed by atoms with Gasteiger partial charge in [-0.1, -0.05) is 79.9 Å². The van der Waals surface area contributed by atoms with E-state index < -0.39 is 0 Å². The molecule has 166 valence electrons. The van der Waals surface area contributed by atoms with Gasteiger partial charge < -0.3 is 4.90 Å². The highest BCUT2D eigenvalue weighted by Crippen LogP contribution is 2.34. The molecule has 1 amide bonds. The van der Waals surface area contributed by atoms with Crippen molar-refractivity contribution in [1.29, 1.82) is 0 Å². The molecule has 3 aromatic rings. The van der Waals surface area contributed by atoms with Gasteiger partial charge in [0.15, 0.2) is 0 Å². The van der Waals surface area contributed by atoms with E-state index in [4.69, 9.17) is 5.10 Å². The van der Waals surface area contributed by atoms with Gasteiger partial charge in [0.1, 0.15) is 0 Å². The summed E-state index contributed by atoms with van der Waals surface area (Å²) in [6.45, 7) is 1.30. The van der Waals surface area contributed by atoms with Crippen LogP contribution in [0.2, 0.25) is 0 Å². The maximum atomic E-state index is 13.7. The van der Waals surface area contributed by atoms with Gasteiger partial charge in [-0.25, -0.2) is 0 Å². The van der Waals surface area contributed by atoms with Crippen molar-refractivity contribution in [3.05, 3.63) is 89.2 Å². The monoisotopic (exact) mass is 427 g/mol. The van der Waals surface area contributed by atoms with Crippen molar-refractivity contribution in [2.75, 3.05) is 0 Å². The summed E-state index contributed by atoms with van der Waals surface area (Å²) < 4.78 is 2.31. The average Bonchev–Trinajstić information content (AvgIpc) is 3.28. The van der Waals surface area contributed by atoms with E-state index in [1.807, 2.05) is 47.5 Å². The summed E-state index contributed by atoms with van der Waals surface area (Å²) >= 11 is 0. The number of aromatic nitrogens is 2. The number of amides is 1. The molecule has 1 heterocycles. The molecule has 5 rings (SSSR count). The third-order valence-corrected chi connectivity index (χ3v) is 7.20. The molecule has 0 aliphatic heterocycles. The van der Waals surface area contributed by atoms with Gasteiger partial charge in [0.05, 0.1) is 12.2 Å². The predicted molar refractivity (Wildman–Crippen MR) is 127 cm³/mol. The lowest BCUT2D eigenvalue weighted by Crippen LogP contribution is -2.38. The number of carbonyl (C=O) groups is 1. The van der Waals surface area contributed by atoms with Crippen LogP contribution in [-0.2, 0) is 30.7 Å². The number of fused-ring (bicyclic) bond motifs is 1. The minimum absolute atomic E-state index is 0.0407. The van der Waals surface area contributed by atoms with Crippen molar-refractivity contribution >= 4 is 5.91 Å². The number of rotatable bonds is 6. The molecule has 0 saturated heterocycles. The fraction of sp³-hybridized carbons (Fsp3) is 0.429. The smallest absolute Gasteiger partial charge is 0.226 e. The lowest BCUT2D eigenvalue weighted by atomic mass is 9.86. The number of nitrogens with zero attached hydrogens (tertiary/aromatic N) is 3. The van der Waals surface area contributed by atoms with Crippen LogP contribution in [0.15, 0.2) is 66.9 Å². The predicted octanol–water partition coefficient (Wildman–Crippen LogP) is 5.72. The van der Waals surface area contributed by atoms with Gasteiger partial charge in [-0.3, -0.25) is 9.48 Å². The number of hydrogen-bond acceptors (Lipinski definition) is 2. The highest BCUT2D eigenvalue weighted by molar-refractivity contribution is 5.79. The fourth-order valence-corrected chi connectivity index (χ4v) is 5.48. The van der Waals surface area contributed by atoms with E-state index >= 15 is 0 Å². The molecule has 4 heteroatoms. The lowest BCUT2D eigenvalue weighted by molar-refractivity contribution is -0.137. The molecular weight excluding hydrogens is 394 g/mol. The third kappa shape index (κ3) is 4.64. The average molecular weight is 428 g/mol. The summed E-state index contributed by atoms with van der Waals surface area (Å²) in [7, 11) is 0. The summed E-state index contributed by atoms with van der Waals surface area (Å²) in [5, 5.41) is 4.79. The van der Waals surface area contributed by atoms with Crippen LogP contribution < -0.4 is 0 Å². The van der Waals surface area contributed by atoms with Gasteiger partial charge in [0, 0.05) is 24.7 Å². The molecule has 2 aromatic carbocycles. The van der Waals surface area contributed by atoms with Crippen LogP contribution in [0.5, 0.6) is 0 Å². The van der Waals surface area contributed by atoms with Gasteiger partial charge in [-0.2, -0.15) is 5.10 Å². The first-order chi connectivity index (χ1) is 15.8. The minimum Gasteiger partial charge on any atom is -0.334 e. The number of benzene rings is 2. The van der Waals surface area contributed by atoms with E-state index in [2.05, 4.69) is 28.9 Å². The first-order valence-electron chi connectivity index (χ1n) is 12.2. The zero-order valence-corrected chi connectivity index (χ0v) is 18.8. The van der Waals surface area contributed by atoms with Gasteiger partial charge in [-0.05, 0) is 48.8 Å². The van der Waals surface area contributed by atoms with Crippen LogP contribution in [0.4, 0.5) is 0 Å². The first-order valence-corrected chi connectivity index (χ1v) is 12.2. The summed E-state index contributed by atoms with van der Waals surface area (Å²) in [6, 6.07) is 21.2. The largest absolute Gasteiger partial charge is 0.334 e.